The number of carbonyl (C=O) groups is 1. The molecule has 1 aliphatic heterocycles. The van der Waals surface area contributed by atoms with Gasteiger partial charge in [0.15, 0.2) is 11.5 Å². The van der Waals surface area contributed by atoms with Crippen molar-refractivity contribution < 1.29 is 9.53 Å². The van der Waals surface area contributed by atoms with Gasteiger partial charge in [-0.05, 0) is 61.7 Å². The van der Waals surface area contributed by atoms with Crippen LogP contribution in [0.5, 0.6) is 5.75 Å². The Morgan fingerprint density at radius 2 is 1.89 bits per heavy atom. The molecule has 8 heteroatoms. The minimum Gasteiger partial charge on any atom is -0.497 e. The smallest absolute Gasteiger partial charge is 0.295 e. The lowest BCUT2D eigenvalue weighted by atomic mass is 9.97. The first-order valence-corrected chi connectivity index (χ1v) is 12.1. The molecule has 1 fully saturated rings. The van der Waals surface area contributed by atoms with Crippen LogP contribution >= 0.6 is 0 Å². The van der Waals surface area contributed by atoms with Crippen LogP contribution in [-0.4, -0.2) is 40.6 Å². The first kappa shape index (κ1) is 23.5. The Labute approximate surface area is 209 Å². The summed E-state index contributed by atoms with van der Waals surface area (Å²) in [6.45, 7) is 3.54. The molecule has 0 spiro atoms. The largest absolute Gasteiger partial charge is 0.497 e. The van der Waals surface area contributed by atoms with Gasteiger partial charge in [-0.1, -0.05) is 29.8 Å². The average Bonchev–Trinajstić information content (AvgIpc) is 2.91. The van der Waals surface area contributed by atoms with Gasteiger partial charge in [0.2, 0.25) is 5.91 Å². The predicted molar refractivity (Wildman–Crippen MR) is 141 cm³/mol. The summed E-state index contributed by atoms with van der Waals surface area (Å²) in [4.78, 5) is 37.8. The van der Waals surface area contributed by atoms with Crippen LogP contribution in [0, 0.1) is 12.8 Å². The van der Waals surface area contributed by atoms with E-state index in [0.29, 0.717) is 42.3 Å². The fraction of sp³-hybridized carbons (Fsp3) is 0.286. The Morgan fingerprint density at radius 1 is 1.11 bits per heavy atom. The number of hydrogen-bond donors (Lipinski definition) is 1. The zero-order chi connectivity index (χ0) is 25.1. The molecular weight excluding hydrogens is 454 g/mol. The number of aromatic nitrogens is 3. The number of benzene rings is 2. The number of fused-ring (bicyclic) bond motifs is 1. The number of rotatable bonds is 6. The van der Waals surface area contributed by atoms with Gasteiger partial charge in [0.05, 0.1) is 19.6 Å². The minimum absolute atomic E-state index is 0.0627. The molecule has 1 atom stereocenters. The molecule has 1 amide bonds. The van der Waals surface area contributed by atoms with Crippen molar-refractivity contribution in [1.82, 2.24) is 14.5 Å². The summed E-state index contributed by atoms with van der Waals surface area (Å²) in [5, 5.41) is 2.99. The maximum Gasteiger partial charge on any atom is 0.295 e. The van der Waals surface area contributed by atoms with Crippen molar-refractivity contribution in [2.45, 2.75) is 26.3 Å². The summed E-state index contributed by atoms with van der Waals surface area (Å²) < 4.78 is 6.87. The molecule has 184 valence electrons. The number of amides is 1. The number of piperidine rings is 1. The molecule has 5 rings (SSSR count). The van der Waals surface area contributed by atoms with E-state index < -0.39 is 0 Å². The summed E-state index contributed by atoms with van der Waals surface area (Å²) >= 11 is 0. The Morgan fingerprint density at radius 3 is 2.64 bits per heavy atom. The summed E-state index contributed by atoms with van der Waals surface area (Å²) in [5.41, 5.74) is 3.91. The summed E-state index contributed by atoms with van der Waals surface area (Å²) in [6.07, 6.45) is 3.23. The zero-order valence-corrected chi connectivity index (χ0v) is 20.5. The number of anilines is 2. The number of carbonyl (C=O) groups excluding carboxylic acids is 1. The van der Waals surface area contributed by atoms with Crippen molar-refractivity contribution in [3.8, 4) is 5.75 Å². The molecule has 36 heavy (non-hydrogen) atoms. The van der Waals surface area contributed by atoms with Crippen molar-refractivity contribution >= 4 is 28.6 Å². The average molecular weight is 484 g/mol. The SMILES string of the molecule is COc1ccc(NC(=O)[C@H]2CCCN(c3nc4cccnc4n(Cc4ccc(C)cc4)c3=O)C2)cc1. The van der Waals surface area contributed by atoms with Crippen LogP contribution in [-0.2, 0) is 11.3 Å². The van der Waals surface area contributed by atoms with Crippen molar-refractivity contribution in [1.29, 1.82) is 0 Å². The fourth-order valence-electron chi connectivity index (χ4n) is 4.59. The van der Waals surface area contributed by atoms with Gasteiger partial charge in [-0.2, -0.15) is 0 Å². The molecule has 0 bridgehead atoms. The fourth-order valence-corrected chi connectivity index (χ4v) is 4.59. The van der Waals surface area contributed by atoms with Crippen molar-refractivity contribution in [2.75, 3.05) is 30.4 Å². The van der Waals surface area contributed by atoms with Gasteiger partial charge in [0.1, 0.15) is 11.3 Å². The highest BCUT2D eigenvalue weighted by atomic mass is 16.5. The molecule has 4 aromatic rings. The lowest BCUT2D eigenvalue weighted by molar-refractivity contribution is -0.120. The molecule has 2 aromatic carbocycles. The second kappa shape index (κ2) is 10.2. The highest BCUT2D eigenvalue weighted by molar-refractivity contribution is 5.93. The zero-order valence-electron chi connectivity index (χ0n) is 20.5. The van der Waals surface area contributed by atoms with Crippen LogP contribution in [0.2, 0.25) is 0 Å². The van der Waals surface area contributed by atoms with E-state index in [1.807, 2.05) is 72.5 Å². The van der Waals surface area contributed by atoms with Crippen LogP contribution in [0.3, 0.4) is 0 Å². The van der Waals surface area contributed by atoms with Crippen molar-refractivity contribution in [3.63, 3.8) is 0 Å². The lowest BCUT2D eigenvalue weighted by Gasteiger charge is -2.32. The number of nitrogens with zero attached hydrogens (tertiary/aromatic N) is 4. The third-order valence-corrected chi connectivity index (χ3v) is 6.60. The van der Waals surface area contributed by atoms with Gasteiger partial charge in [-0.3, -0.25) is 14.2 Å². The molecule has 1 N–H and O–H groups in total. The predicted octanol–water partition coefficient (Wildman–Crippen LogP) is 4.01. The standard InChI is InChI=1S/C28H29N5O3/c1-19-7-9-20(10-8-19)17-33-25-24(6-3-15-29-25)31-26(28(33)35)32-16-4-5-21(18-32)27(34)30-22-11-13-23(36-2)14-12-22/h3,6-15,21H,4-5,16-18H2,1-2H3,(H,30,34)/t21-/m0/s1. The summed E-state index contributed by atoms with van der Waals surface area (Å²) in [7, 11) is 1.61. The maximum atomic E-state index is 13.7. The van der Waals surface area contributed by atoms with Crippen molar-refractivity contribution in [2.24, 2.45) is 5.92 Å². The number of nitrogens with one attached hydrogen (secondary N) is 1. The quantitative estimate of drug-likeness (QED) is 0.446. The van der Waals surface area contributed by atoms with Crippen LogP contribution in [0.25, 0.3) is 11.2 Å². The van der Waals surface area contributed by atoms with Gasteiger partial charge >= 0.3 is 0 Å². The molecule has 0 unspecified atom stereocenters. The van der Waals surface area contributed by atoms with Gasteiger partial charge in [0, 0.05) is 25.0 Å². The molecule has 0 aliphatic carbocycles. The summed E-state index contributed by atoms with van der Waals surface area (Å²) in [6, 6.07) is 19.1. The van der Waals surface area contributed by atoms with E-state index in [1.54, 1.807) is 17.9 Å². The van der Waals surface area contributed by atoms with Crippen LogP contribution in [0.4, 0.5) is 11.5 Å². The molecule has 1 saturated heterocycles. The molecule has 1 aliphatic rings. The van der Waals surface area contributed by atoms with Gasteiger partial charge < -0.3 is 15.0 Å². The third-order valence-electron chi connectivity index (χ3n) is 6.60. The Bertz CT molecular complexity index is 1430. The second-order valence-corrected chi connectivity index (χ2v) is 9.16. The Balaban J connectivity index is 1.42. The molecule has 3 heterocycles. The van der Waals surface area contributed by atoms with Crippen LogP contribution < -0.4 is 20.5 Å². The van der Waals surface area contributed by atoms with Crippen molar-refractivity contribution in [3.05, 3.63) is 88.3 Å². The second-order valence-electron chi connectivity index (χ2n) is 9.16. The first-order valence-electron chi connectivity index (χ1n) is 12.1. The number of pyridine rings is 1. The van der Waals surface area contributed by atoms with E-state index in [-0.39, 0.29) is 17.4 Å². The van der Waals surface area contributed by atoms with E-state index in [4.69, 9.17) is 9.72 Å². The highest BCUT2D eigenvalue weighted by Gasteiger charge is 2.29. The number of ether oxygens (including phenoxy) is 1. The summed E-state index contributed by atoms with van der Waals surface area (Å²) in [5.74, 6) is 0.782. The number of aryl methyl sites for hydroxylation is 1. The van der Waals surface area contributed by atoms with E-state index in [2.05, 4.69) is 10.3 Å². The molecule has 8 nitrogen and oxygen atoms in total. The number of methoxy groups -OCH3 is 1. The highest BCUT2D eigenvalue weighted by Crippen LogP contribution is 2.23. The molecular formula is C28H29N5O3. The van der Waals surface area contributed by atoms with Crippen LogP contribution in [0.15, 0.2) is 71.7 Å². The molecule has 2 aromatic heterocycles. The molecule has 0 radical (unpaired) electrons. The van der Waals surface area contributed by atoms with E-state index >= 15 is 0 Å². The van der Waals surface area contributed by atoms with E-state index in [9.17, 15) is 9.59 Å². The first-order chi connectivity index (χ1) is 17.5. The van der Waals surface area contributed by atoms with Gasteiger partial charge in [-0.15, -0.1) is 0 Å². The number of hydrogen-bond acceptors (Lipinski definition) is 6. The lowest BCUT2D eigenvalue weighted by Crippen LogP contribution is -2.44. The monoisotopic (exact) mass is 483 g/mol. The van der Waals surface area contributed by atoms with Crippen LogP contribution in [0.1, 0.15) is 24.0 Å². The topological polar surface area (TPSA) is 89.3 Å². The Kier molecular flexibility index (Phi) is 6.66. The van der Waals surface area contributed by atoms with Gasteiger partial charge in [-0.25, -0.2) is 9.97 Å². The Hall–Kier alpha value is -4.20. The van der Waals surface area contributed by atoms with Gasteiger partial charge in [0.25, 0.3) is 5.56 Å². The maximum absolute atomic E-state index is 13.7. The minimum atomic E-state index is -0.253. The van der Waals surface area contributed by atoms with E-state index in [0.717, 1.165) is 29.7 Å². The normalized spacial score (nSPS) is 15.6. The van der Waals surface area contributed by atoms with E-state index in [1.165, 1.54) is 0 Å². The third kappa shape index (κ3) is 4.93. The molecule has 0 saturated carbocycles.